The van der Waals surface area contributed by atoms with Gasteiger partial charge >= 0.3 is 11.1 Å². The second-order valence-electron chi connectivity index (χ2n) is 7.01. The van der Waals surface area contributed by atoms with E-state index in [9.17, 15) is 9.59 Å². The molecule has 134 valence electrons. The van der Waals surface area contributed by atoms with Crippen molar-refractivity contribution in [1.82, 2.24) is 24.2 Å². The van der Waals surface area contributed by atoms with Gasteiger partial charge in [0.15, 0.2) is 5.82 Å². The van der Waals surface area contributed by atoms with Crippen molar-refractivity contribution in [2.75, 3.05) is 13.1 Å². The van der Waals surface area contributed by atoms with Crippen LogP contribution in [0.5, 0.6) is 0 Å². The third-order valence-electron chi connectivity index (χ3n) is 4.85. The molecular formula is C16H21N5O3S. The summed E-state index contributed by atoms with van der Waals surface area (Å²) in [4.78, 5) is 31.4. The number of rotatable bonds is 3. The van der Waals surface area contributed by atoms with E-state index in [1.807, 2.05) is 25.4 Å². The number of aromatic nitrogens is 4. The van der Waals surface area contributed by atoms with E-state index in [0.717, 1.165) is 31.1 Å². The van der Waals surface area contributed by atoms with E-state index in [-0.39, 0.29) is 12.6 Å². The first-order valence-electron chi connectivity index (χ1n) is 8.45. The average molecular weight is 363 g/mol. The van der Waals surface area contributed by atoms with Gasteiger partial charge in [-0.25, -0.2) is 9.67 Å². The quantitative estimate of drug-likeness (QED) is 0.744. The topological polar surface area (TPSA) is 82.3 Å². The smallest absolute Gasteiger partial charge is 0.332 e. The standard InChI is InChI=1S/C16H21N5O3S/c1-11(2)21-15(23)14(22)20-10-16(24-8-12(20)18-21)3-5-19(9-16)7-13-17-4-6-25-13/h4,6,11H,3,5,7-10H2,1-2H3/t16-/m0/s1. The Morgan fingerprint density at radius 3 is 2.88 bits per heavy atom. The second-order valence-corrected chi connectivity index (χ2v) is 7.99. The highest BCUT2D eigenvalue weighted by Crippen LogP contribution is 2.32. The maximum absolute atomic E-state index is 12.5. The van der Waals surface area contributed by atoms with E-state index >= 15 is 0 Å². The first-order chi connectivity index (χ1) is 12.0. The SMILES string of the molecule is CC(C)n1nc2n(c(=O)c1=O)C[C@@]1(CCN(Cc3nccs3)C1)OC2. The summed E-state index contributed by atoms with van der Waals surface area (Å²) in [5.74, 6) is 0.530. The van der Waals surface area contributed by atoms with Gasteiger partial charge in [-0.2, -0.15) is 5.10 Å². The summed E-state index contributed by atoms with van der Waals surface area (Å²) >= 11 is 1.64. The molecule has 4 rings (SSSR count). The van der Waals surface area contributed by atoms with Crippen molar-refractivity contribution in [3.63, 3.8) is 0 Å². The fourth-order valence-electron chi connectivity index (χ4n) is 3.56. The van der Waals surface area contributed by atoms with Crippen LogP contribution in [0, 0.1) is 0 Å². The molecule has 8 nitrogen and oxygen atoms in total. The molecule has 0 radical (unpaired) electrons. The first kappa shape index (κ1) is 16.6. The zero-order valence-corrected chi connectivity index (χ0v) is 15.2. The predicted molar refractivity (Wildman–Crippen MR) is 92.7 cm³/mol. The lowest BCUT2D eigenvalue weighted by Crippen LogP contribution is -2.53. The third kappa shape index (κ3) is 2.96. The van der Waals surface area contributed by atoms with Gasteiger partial charge in [-0.05, 0) is 20.3 Å². The van der Waals surface area contributed by atoms with Crippen LogP contribution < -0.4 is 11.1 Å². The molecule has 0 amide bonds. The summed E-state index contributed by atoms with van der Waals surface area (Å²) in [5, 5.41) is 7.38. The number of likely N-dealkylation sites (tertiary alicyclic amines) is 1. The summed E-state index contributed by atoms with van der Waals surface area (Å²) in [7, 11) is 0. The molecule has 1 saturated heterocycles. The van der Waals surface area contributed by atoms with Crippen LogP contribution in [0.4, 0.5) is 0 Å². The molecule has 2 aliphatic heterocycles. The molecule has 0 aromatic carbocycles. The summed E-state index contributed by atoms with van der Waals surface area (Å²) in [6.45, 7) is 6.72. The Bertz CT molecular complexity index is 888. The van der Waals surface area contributed by atoms with Crippen molar-refractivity contribution in [2.45, 2.75) is 51.6 Å². The molecule has 0 unspecified atom stereocenters. The largest absolute Gasteiger partial charge is 0.364 e. The van der Waals surface area contributed by atoms with Crippen LogP contribution in [-0.4, -0.2) is 42.9 Å². The number of ether oxygens (including phenoxy) is 1. The zero-order valence-electron chi connectivity index (χ0n) is 14.3. The maximum Gasteiger partial charge on any atom is 0.332 e. The van der Waals surface area contributed by atoms with Crippen molar-refractivity contribution < 1.29 is 4.74 Å². The molecule has 0 bridgehead atoms. The molecule has 4 heterocycles. The van der Waals surface area contributed by atoms with E-state index < -0.39 is 16.7 Å². The molecule has 1 atom stereocenters. The van der Waals surface area contributed by atoms with Crippen LogP contribution in [0.1, 0.15) is 37.1 Å². The summed E-state index contributed by atoms with van der Waals surface area (Å²) in [6.07, 6.45) is 2.64. The molecule has 2 aliphatic rings. The molecule has 9 heteroatoms. The van der Waals surface area contributed by atoms with Crippen LogP contribution in [0.2, 0.25) is 0 Å². The fraction of sp³-hybridized carbons (Fsp3) is 0.625. The van der Waals surface area contributed by atoms with Crippen LogP contribution in [0.3, 0.4) is 0 Å². The van der Waals surface area contributed by atoms with Crippen molar-refractivity contribution in [1.29, 1.82) is 0 Å². The van der Waals surface area contributed by atoms with Crippen molar-refractivity contribution in [3.05, 3.63) is 43.1 Å². The van der Waals surface area contributed by atoms with E-state index in [1.54, 1.807) is 11.3 Å². The van der Waals surface area contributed by atoms with Crippen LogP contribution >= 0.6 is 11.3 Å². The minimum atomic E-state index is -0.562. The van der Waals surface area contributed by atoms with E-state index in [2.05, 4.69) is 15.0 Å². The second kappa shape index (κ2) is 6.15. The lowest BCUT2D eigenvalue weighted by molar-refractivity contribution is -0.0860. The molecule has 0 saturated carbocycles. The Hall–Kier alpha value is -1.84. The van der Waals surface area contributed by atoms with Gasteiger partial charge in [0.1, 0.15) is 17.2 Å². The minimum Gasteiger partial charge on any atom is -0.364 e. The lowest BCUT2D eigenvalue weighted by atomic mass is 10.0. The molecule has 1 spiro atoms. The molecule has 2 aromatic rings. The Morgan fingerprint density at radius 2 is 2.16 bits per heavy atom. The van der Waals surface area contributed by atoms with Gasteiger partial charge in [0, 0.05) is 24.7 Å². The maximum atomic E-state index is 12.5. The first-order valence-corrected chi connectivity index (χ1v) is 9.33. The number of nitrogens with zero attached hydrogens (tertiary/aromatic N) is 5. The highest BCUT2D eigenvalue weighted by molar-refractivity contribution is 7.09. The van der Waals surface area contributed by atoms with Gasteiger partial charge in [-0.15, -0.1) is 11.3 Å². The predicted octanol–water partition coefficient (Wildman–Crippen LogP) is 0.617. The summed E-state index contributed by atoms with van der Waals surface area (Å²) < 4.78 is 8.90. The van der Waals surface area contributed by atoms with Gasteiger partial charge in [0.25, 0.3) is 0 Å². The van der Waals surface area contributed by atoms with Crippen molar-refractivity contribution in [2.24, 2.45) is 0 Å². The average Bonchev–Trinajstić information content (AvgIpc) is 3.22. The molecule has 25 heavy (non-hydrogen) atoms. The van der Waals surface area contributed by atoms with Gasteiger partial charge in [0.2, 0.25) is 0 Å². The molecule has 0 aliphatic carbocycles. The molecule has 1 fully saturated rings. The Morgan fingerprint density at radius 1 is 1.32 bits per heavy atom. The number of fused-ring (bicyclic) bond motifs is 1. The highest BCUT2D eigenvalue weighted by Gasteiger charge is 2.43. The van der Waals surface area contributed by atoms with E-state index in [0.29, 0.717) is 12.4 Å². The summed E-state index contributed by atoms with van der Waals surface area (Å²) in [6, 6.07) is -0.151. The van der Waals surface area contributed by atoms with Crippen LogP contribution in [-0.2, 0) is 24.4 Å². The van der Waals surface area contributed by atoms with Crippen molar-refractivity contribution >= 4 is 11.3 Å². The molecule has 0 N–H and O–H groups in total. The Balaban J connectivity index is 1.58. The minimum absolute atomic E-state index is 0.151. The number of thiazole rings is 1. The van der Waals surface area contributed by atoms with Gasteiger partial charge in [-0.3, -0.25) is 19.1 Å². The number of hydrogen-bond acceptors (Lipinski definition) is 7. The third-order valence-corrected chi connectivity index (χ3v) is 5.62. The number of hydrogen-bond donors (Lipinski definition) is 0. The highest BCUT2D eigenvalue weighted by atomic mass is 32.1. The van der Waals surface area contributed by atoms with E-state index in [4.69, 9.17) is 4.74 Å². The van der Waals surface area contributed by atoms with E-state index in [1.165, 1.54) is 9.25 Å². The Labute approximate surface area is 148 Å². The van der Waals surface area contributed by atoms with Gasteiger partial charge in [0.05, 0.1) is 19.1 Å². The monoisotopic (exact) mass is 363 g/mol. The van der Waals surface area contributed by atoms with Crippen molar-refractivity contribution in [3.8, 4) is 0 Å². The Kier molecular flexibility index (Phi) is 4.09. The summed E-state index contributed by atoms with van der Waals surface area (Å²) in [5.41, 5.74) is -1.49. The molecular weight excluding hydrogens is 342 g/mol. The van der Waals surface area contributed by atoms with Crippen LogP contribution in [0.25, 0.3) is 0 Å². The van der Waals surface area contributed by atoms with Crippen LogP contribution in [0.15, 0.2) is 21.2 Å². The molecule has 2 aromatic heterocycles. The lowest BCUT2D eigenvalue weighted by Gasteiger charge is -2.35. The van der Waals surface area contributed by atoms with Gasteiger partial charge in [-0.1, -0.05) is 0 Å². The normalized spacial score (nSPS) is 23.5. The van der Waals surface area contributed by atoms with Gasteiger partial charge < -0.3 is 4.74 Å². The fourth-order valence-corrected chi connectivity index (χ4v) is 4.21. The zero-order chi connectivity index (χ0) is 17.6.